The van der Waals surface area contributed by atoms with E-state index in [1.807, 2.05) is 6.92 Å². The summed E-state index contributed by atoms with van der Waals surface area (Å²) in [5, 5.41) is 7.44. The van der Waals surface area contributed by atoms with Crippen LogP contribution in [-0.4, -0.2) is 5.71 Å². The van der Waals surface area contributed by atoms with E-state index in [1.165, 1.54) is 12.8 Å². The van der Waals surface area contributed by atoms with Crippen molar-refractivity contribution in [3.8, 4) is 0 Å². The Kier molecular flexibility index (Phi) is 4.33. The standard InChI is InChI=1S/C9H19N/c1-5-9(6-2)7(3)8(4)10/h7,9-10H,5-6H2,1-4H3. The predicted octanol–water partition coefficient (Wildman–Crippen LogP) is 3.10. The Morgan fingerprint density at radius 3 is 1.80 bits per heavy atom. The lowest BCUT2D eigenvalue weighted by molar-refractivity contribution is 0.412. The van der Waals surface area contributed by atoms with Crippen molar-refractivity contribution in [2.75, 3.05) is 0 Å². The Balaban J connectivity index is 3.88. The van der Waals surface area contributed by atoms with Gasteiger partial charge in [-0.1, -0.05) is 33.6 Å². The van der Waals surface area contributed by atoms with Crippen LogP contribution in [-0.2, 0) is 0 Å². The molecular formula is C9H19N. The van der Waals surface area contributed by atoms with Gasteiger partial charge in [0, 0.05) is 5.71 Å². The fourth-order valence-corrected chi connectivity index (χ4v) is 1.35. The summed E-state index contributed by atoms with van der Waals surface area (Å²) in [6.07, 6.45) is 2.40. The minimum absolute atomic E-state index is 0.481. The van der Waals surface area contributed by atoms with Gasteiger partial charge in [-0.3, -0.25) is 0 Å². The molecule has 0 aliphatic carbocycles. The molecule has 0 radical (unpaired) electrons. The molecule has 1 N–H and O–H groups in total. The van der Waals surface area contributed by atoms with E-state index in [9.17, 15) is 0 Å². The van der Waals surface area contributed by atoms with Crippen molar-refractivity contribution < 1.29 is 0 Å². The monoisotopic (exact) mass is 141 g/mol. The molecule has 0 aromatic rings. The Morgan fingerprint density at radius 2 is 1.70 bits per heavy atom. The highest BCUT2D eigenvalue weighted by atomic mass is 14.4. The normalized spacial score (nSPS) is 13.7. The molecule has 1 heteroatoms. The lowest BCUT2D eigenvalue weighted by Crippen LogP contribution is -2.16. The molecule has 0 saturated heterocycles. The van der Waals surface area contributed by atoms with Crippen LogP contribution < -0.4 is 0 Å². The number of nitrogens with one attached hydrogen (secondary N) is 1. The first-order valence-corrected chi connectivity index (χ1v) is 4.18. The van der Waals surface area contributed by atoms with E-state index in [0.29, 0.717) is 5.92 Å². The van der Waals surface area contributed by atoms with E-state index in [2.05, 4.69) is 20.8 Å². The minimum Gasteiger partial charge on any atom is -0.310 e. The Labute approximate surface area is 64.3 Å². The molecule has 0 spiro atoms. The highest BCUT2D eigenvalue weighted by Crippen LogP contribution is 2.19. The lowest BCUT2D eigenvalue weighted by Gasteiger charge is -2.19. The van der Waals surface area contributed by atoms with Gasteiger partial charge in [0.15, 0.2) is 0 Å². The van der Waals surface area contributed by atoms with Gasteiger partial charge in [-0.05, 0) is 18.8 Å². The van der Waals surface area contributed by atoms with Gasteiger partial charge in [0.2, 0.25) is 0 Å². The minimum atomic E-state index is 0.481. The maximum absolute atomic E-state index is 7.44. The molecule has 0 aliphatic heterocycles. The summed E-state index contributed by atoms with van der Waals surface area (Å²) < 4.78 is 0. The third-order valence-electron chi connectivity index (χ3n) is 2.44. The third kappa shape index (κ3) is 2.51. The summed E-state index contributed by atoms with van der Waals surface area (Å²) in [5.74, 6) is 1.20. The van der Waals surface area contributed by atoms with Crippen LogP contribution in [0.15, 0.2) is 0 Å². The Bertz CT molecular complexity index is 103. The molecule has 0 bridgehead atoms. The van der Waals surface area contributed by atoms with Crippen LogP contribution in [0.3, 0.4) is 0 Å². The molecule has 1 nitrogen and oxygen atoms in total. The fraction of sp³-hybridized carbons (Fsp3) is 0.889. The molecule has 0 amide bonds. The highest BCUT2D eigenvalue weighted by Gasteiger charge is 2.14. The summed E-state index contributed by atoms with van der Waals surface area (Å²) in [6.45, 7) is 8.46. The van der Waals surface area contributed by atoms with Gasteiger partial charge in [0.05, 0.1) is 0 Å². The molecule has 0 aliphatic rings. The molecule has 1 unspecified atom stereocenters. The van der Waals surface area contributed by atoms with Crippen LogP contribution in [0.5, 0.6) is 0 Å². The van der Waals surface area contributed by atoms with Gasteiger partial charge in [0.1, 0.15) is 0 Å². The molecule has 10 heavy (non-hydrogen) atoms. The van der Waals surface area contributed by atoms with Crippen molar-refractivity contribution in [1.29, 1.82) is 5.41 Å². The van der Waals surface area contributed by atoms with Crippen molar-refractivity contribution in [2.24, 2.45) is 11.8 Å². The maximum Gasteiger partial charge on any atom is 0.00891 e. The van der Waals surface area contributed by atoms with Crippen LogP contribution in [0, 0.1) is 17.2 Å². The zero-order chi connectivity index (χ0) is 8.15. The second-order valence-corrected chi connectivity index (χ2v) is 3.05. The average Bonchev–Trinajstić information content (AvgIpc) is 1.90. The maximum atomic E-state index is 7.44. The van der Waals surface area contributed by atoms with Gasteiger partial charge in [-0.15, -0.1) is 0 Å². The quantitative estimate of drug-likeness (QED) is 0.582. The summed E-state index contributed by atoms with van der Waals surface area (Å²) in [7, 11) is 0. The smallest absolute Gasteiger partial charge is 0.00891 e. The lowest BCUT2D eigenvalue weighted by atomic mass is 9.86. The largest absolute Gasteiger partial charge is 0.310 e. The van der Waals surface area contributed by atoms with Crippen molar-refractivity contribution >= 4 is 5.71 Å². The zero-order valence-corrected chi connectivity index (χ0v) is 7.57. The third-order valence-corrected chi connectivity index (χ3v) is 2.44. The van der Waals surface area contributed by atoms with E-state index in [4.69, 9.17) is 5.41 Å². The average molecular weight is 141 g/mol. The van der Waals surface area contributed by atoms with E-state index < -0.39 is 0 Å². The molecule has 0 fully saturated rings. The molecule has 0 saturated carbocycles. The van der Waals surface area contributed by atoms with Crippen LogP contribution >= 0.6 is 0 Å². The summed E-state index contributed by atoms with van der Waals surface area (Å²) in [5.41, 5.74) is 0.828. The first-order valence-electron chi connectivity index (χ1n) is 4.18. The van der Waals surface area contributed by atoms with Gasteiger partial charge in [-0.2, -0.15) is 0 Å². The number of hydrogen-bond acceptors (Lipinski definition) is 1. The molecular weight excluding hydrogens is 122 g/mol. The molecule has 0 rings (SSSR count). The first kappa shape index (κ1) is 9.67. The van der Waals surface area contributed by atoms with Crippen molar-refractivity contribution in [3.05, 3.63) is 0 Å². The molecule has 0 aromatic carbocycles. The van der Waals surface area contributed by atoms with Crippen molar-refractivity contribution in [3.63, 3.8) is 0 Å². The molecule has 0 heterocycles. The van der Waals surface area contributed by atoms with Crippen molar-refractivity contribution in [1.82, 2.24) is 0 Å². The summed E-state index contributed by atoms with van der Waals surface area (Å²) >= 11 is 0. The second kappa shape index (κ2) is 4.48. The van der Waals surface area contributed by atoms with Gasteiger partial charge < -0.3 is 5.41 Å². The van der Waals surface area contributed by atoms with E-state index in [1.54, 1.807) is 0 Å². The van der Waals surface area contributed by atoms with Crippen molar-refractivity contribution in [2.45, 2.75) is 40.5 Å². The fourth-order valence-electron chi connectivity index (χ4n) is 1.35. The summed E-state index contributed by atoms with van der Waals surface area (Å²) in [6, 6.07) is 0. The van der Waals surface area contributed by atoms with Gasteiger partial charge in [-0.25, -0.2) is 0 Å². The topological polar surface area (TPSA) is 23.9 Å². The first-order chi connectivity index (χ1) is 4.63. The Morgan fingerprint density at radius 1 is 1.30 bits per heavy atom. The van der Waals surface area contributed by atoms with Crippen LogP contribution in [0.2, 0.25) is 0 Å². The molecule has 60 valence electrons. The zero-order valence-electron chi connectivity index (χ0n) is 7.57. The van der Waals surface area contributed by atoms with Crippen LogP contribution in [0.25, 0.3) is 0 Å². The number of rotatable bonds is 4. The Hall–Kier alpha value is -0.330. The van der Waals surface area contributed by atoms with E-state index in [-0.39, 0.29) is 0 Å². The molecule has 0 aromatic heterocycles. The van der Waals surface area contributed by atoms with E-state index in [0.717, 1.165) is 11.6 Å². The number of hydrogen-bond donors (Lipinski definition) is 1. The predicted molar refractivity (Wildman–Crippen MR) is 46.6 cm³/mol. The summed E-state index contributed by atoms with van der Waals surface area (Å²) in [4.78, 5) is 0. The van der Waals surface area contributed by atoms with E-state index >= 15 is 0 Å². The SMILES string of the molecule is CCC(CC)C(C)C(C)=N. The van der Waals surface area contributed by atoms with Crippen LogP contribution in [0.1, 0.15) is 40.5 Å². The van der Waals surface area contributed by atoms with Gasteiger partial charge in [0.25, 0.3) is 0 Å². The van der Waals surface area contributed by atoms with Gasteiger partial charge >= 0.3 is 0 Å². The van der Waals surface area contributed by atoms with Crippen LogP contribution in [0.4, 0.5) is 0 Å². The second-order valence-electron chi connectivity index (χ2n) is 3.05. The molecule has 1 atom stereocenters. The highest BCUT2D eigenvalue weighted by molar-refractivity contribution is 5.81.